The molecule has 0 heterocycles. The zero-order chi connectivity index (χ0) is 25.1. The van der Waals surface area contributed by atoms with E-state index in [1.807, 2.05) is 0 Å². The lowest BCUT2D eigenvalue weighted by atomic mass is 9.93. The molecule has 0 radical (unpaired) electrons. The number of nitro benzene ring substituents is 1. The van der Waals surface area contributed by atoms with Crippen molar-refractivity contribution in [3.05, 3.63) is 69.3 Å². The number of halogens is 2. The highest BCUT2D eigenvalue weighted by atomic mass is 19.1. The first-order chi connectivity index (χ1) is 15.3. The van der Waals surface area contributed by atoms with E-state index in [9.17, 15) is 33.3 Å². The standard InChI is InChI=1S/C22H23F2N3O6/c1-12-7-5-10-16(27(31)32)17(12)20(29)26(18-14(23)8-6-9-15(18)24)19(28)13(2)11-22(3,4)33-21(25)30/h5-10,13H,11H2,1-4H3,(H2,25,30)/t13-/m0/s1. The second-order valence-corrected chi connectivity index (χ2v) is 8.06. The average molecular weight is 463 g/mol. The molecule has 2 N–H and O–H groups in total. The maximum absolute atomic E-state index is 14.7. The molecule has 0 aliphatic carbocycles. The van der Waals surface area contributed by atoms with Crippen LogP contribution in [0.25, 0.3) is 0 Å². The van der Waals surface area contributed by atoms with Gasteiger partial charge in [-0.3, -0.25) is 19.7 Å². The number of para-hydroxylation sites is 1. The first kappa shape index (κ1) is 25.4. The Morgan fingerprint density at radius 2 is 1.70 bits per heavy atom. The number of nitrogens with two attached hydrogens (primary N) is 1. The van der Waals surface area contributed by atoms with Crippen molar-refractivity contribution in [2.45, 2.75) is 39.7 Å². The van der Waals surface area contributed by atoms with E-state index in [1.54, 1.807) is 0 Å². The minimum absolute atomic E-state index is 0.133. The van der Waals surface area contributed by atoms with Crippen molar-refractivity contribution in [2.24, 2.45) is 11.7 Å². The third-order valence-corrected chi connectivity index (χ3v) is 4.84. The molecule has 0 saturated heterocycles. The smallest absolute Gasteiger partial charge is 0.405 e. The van der Waals surface area contributed by atoms with Gasteiger partial charge in [0.05, 0.1) is 4.92 Å². The molecule has 11 heteroatoms. The van der Waals surface area contributed by atoms with Gasteiger partial charge in [-0.25, -0.2) is 18.5 Å². The van der Waals surface area contributed by atoms with Gasteiger partial charge >= 0.3 is 6.09 Å². The van der Waals surface area contributed by atoms with Crippen LogP contribution in [0.15, 0.2) is 36.4 Å². The van der Waals surface area contributed by atoms with Crippen LogP contribution in [-0.4, -0.2) is 28.4 Å². The first-order valence-corrected chi connectivity index (χ1v) is 9.81. The van der Waals surface area contributed by atoms with Crippen molar-refractivity contribution >= 4 is 29.3 Å². The molecule has 9 nitrogen and oxygen atoms in total. The van der Waals surface area contributed by atoms with Crippen LogP contribution in [0, 0.1) is 34.6 Å². The van der Waals surface area contributed by atoms with Gasteiger partial charge in [-0.2, -0.15) is 0 Å². The van der Waals surface area contributed by atoms with E-state index in [1.165, 1.54) is 39.8 Å². The predicted octanol–water partition coefficient (Wildman–Crippen LogP) is 4.25. The fourth-order valence-electron chi connectivity index (χ4n) is 3.57. The Morgan fingerprint density at radius 3 is 2.21 bits per heavy atom. The number of imide groups is 1. The number of amides is 3. The van der Waals surface area contributed by atoms with Crippen LogP contribution in [0.3, 0.4) is 0 Å². The van der Waals surface area contributed by atoms with Gasteiger partial charge in [0.1, 0.15) is 28.5 Å². The zero-order valence-electron chi connectivity index (χ0n) is 18.4. The Kier molecular flexibility index (Phi) is 7.47. The molecular formula is C22H23F2N3O6. The fraction of sp³-hybridized carbons (Fsp3) is 0.318. The summed E-state index contributed by atoms with van der Waals surface area (Å²) in [6.45, 7) is 5.68. The van der Waals surface area contributed by atoms with Gasteiger partial charge in [-0.05, 0) is 44.9 Å². The highest BCUT2D eigenvalue weighted by molar-refractivity contribution is 6.23. The maximum Gasteiger partial charge on any atom is 0.405 e. The Hall–Kier alpha value is -3.89. The molecule has 0 spiro atoms. The lowest BCUT2D eigenvalue weighted by Gasteiger charge is -2.30. The number of aryl methyl sites for hydroxylation is 1. The number of benzene rings is 2. The summed E-state index contributed by atoms with van der Waals surface area (Å²) >= 11 is 0. The fourth-order valence-corrected chi connectivity index (χ4v) is 3.57. The number of hydrogen-bond acceptors (Lipinski definition) is 6. The minimum atomic E-state index is -1.27. The normalized spacial score (nSPS) is 12.1. The molecular weight excluding hydrogens is 440 g/mol. The van der Waals surface area contributed by atoms with Crippen LogP contribution in [0.5, 0.6) is 0 Å². The van der Waals surface area contributed by atoms with Crippen LogP contribution < -0.4 is 10.6 Å². The molecule has 3 amide bonds. The quantitative estimate of drug-likeness (QED) is 0.482. The highest BCUT2D eigenvalue weighted by Crippen LogP contribution is 2.32. The second kappa shape index (κ2) is 9.72. The number of hydrogen-bond donors (Lipinski definition) is 1. The maximum atomic E-state index is 14.7. The molecule has 0 unspecified atom stereocenters. The van der Waals surface area contributed by atoms with E-state index >= 15 is 0 Å². The zero-order valence-corrected chi connectivity index (χ0v) is 18.4. The van der Waals surface area contributed by atoms with E-state index in [4.69, 9.17) is 10.5 Å². The summed E-state index contributed by atoms with van der Waals surface area (Å²) < 4.78 is 34.3. The van der Waals surface area contributed by atoms with E-state index in [-0.39, 0.29) is 16.9 Å². The molecule has 0 bridgehead atoms. The van der Waals surface area contributed by atoms with Crippen molar-refractivity contribution in [1.29, 1.82) is 0 Å². The van der Waals surface area contributed by atoms with Gasteiger partial charge in [0.25, 0.3) is 11.6 Å². The van der Waals surface area contributed by atoms with Crippen LogP contribution in [0.1, 0.15) is 43.1 Å². The number of carbonyl (C=O) groups is 3. The number of carbonyl (C=O) groups excluding carboxylic acids is 3. The molecule has 176 valence electrons. The Bertz CT molecular complexity index is 1100. The van der Waals surface area contributed by atoms with Crippen LogP contribution in [0.2, 0.25) is 0 Å². The lowest BCUT2D eigenvalue weighted by Crippen LogP contribution is -2.44. The van der Waals surface area contributed by atoms with E-state index in [2.05, 4.69) is 0 Å². The van der Waals surface area contributed by atoms with Crippen molar-refractivity contribution in [2.75, 3.05) is 4.90 Å². The molecule has 0 saturated carbocycles. The van der Waals surface area contributed by atoms with Crippen LogP contribution in [-0.2, 0) is 9.53 Å². The number of rotatable bonds is 7. The van der Waals surface area contributed by atoms with Gasteiger partial charge in [0.15, 0.2) is 0 Å². The highest BCUT2D eigenvalue weighted by Gasteiger charge is 2.38. The molecule has 1 atom stereocenters. The van der Waals surface area contributed by atoms with Gasteiger partial charge < -0.3 is 10.5 Å². The number of ether oxygens (including phenoxy) is 1. The summed E-state index contributed by atoms with van der Waals surface area (Å²) in [7, 11) is 0. The monoisotopic (exact) mass is 463 g/mol. The third-order valence-electron chi connectivity index (χ3n) is 4.84. The minimum Gasteiger partial charge on any atom is -0.444 e. The topological polar surface area (TPSA) is 133 Å². The number of nitro groups is 1. The van der Waals surface area contributed by atoms with Gasteiger partial charge in [-0.15, -0.1) is 0 Å². The molecule has 2 aromatic carbocycles. The van der Waals surface area contributed by atoms with Gasteiger partial charge in [-0.1, -0.05) is 25.1 Å². The van der Waals surface area contributed by atoms with Gasteiger partial charge in [0.2, 0.25) is 5.91 Å². The summed E-state index contributed by atoms with van der Waals surface area (Å²) in [6.07, 6.45) is -1.26. The molecule has 0 aliphatic rings. The summed E-state index contributed by atoms with van der Waals surface area (Å²) in [5, 5.41) is 11.5. The summed E-state index contributed by atoms with van der Waals surface area (Å²) in [6, 6.07) is 6.53. The largest absolute Gasteiger partial charge is 0.444 e. The molecule has 2 aromatic rings. The Balaban J connectivity index is 2.64. The number of nitrogens with zero attached hydrogens (tertiary/aromatic N) is 2. The Morgan fingerprint density at radius 1 is 1.15 bits per heavy atom. The molecule has 0 aliphatic heterocycles. The molecule has 33 heavy (non-hydrogen) atoms. The average Bonchev–Trinajstić information content (AvgIpc) is 2.68. The number of primary amides is 1. The van der Waals surface area contributed by atoms with Crippen molar-refractivity contribution in [3.8, 4) is 0 Å². The predicted molar refractivity (Wildman–Crippen MR) is 115 cm³/mol. The SMILES string of the molecule is Cc1cccc([N+](=O)[O-])c1C(=O)N(C(=O)[C@@H](C)CC(C)(C)OC(N)=O)c1c(F)cccc1F. The molecule has 2 rings (SSSR count). The third kappa shape index (κ3) is 5.68. The van der Waals surface area contributed by atoms with Crippen molar-refractivity contribution < 1.29 is 32.8 Å². The van der Waals surface area contributed by atoms with E-state index in [0.29, 0.717) is 0 Å². The summed E-state index contributed by atoms with van der Waals surface area (Å²) in [5.74, 6) is -5.86. The number of anilines is 1. The first-order valence-electron chi connectivity index (χ1n) is 9.81. The molecule has 0 aromatic heterocycles. The Labute approximate surface area is 188 Å². The van der Waals surface area contributed by atoms with E-state index < -0.39 is 62.9 Å². The second-order valence-electron chi connectivity index (χ2n) is 8.06. The summed E-state index contributed by atoms with van der Waals surface area (Å²) in [5.41, 5.74) is 1.83. The van der Waals surface area contributed by atoms with Crippen LogP contribution >= 0.6 is 0 Å². The van der Waals surface area contributed by atoms with Crippen molar-refractivity contribution in [1.82, 2.24) is 0 Å². The van der Waals surface area contributed by atoms with E-state index in [0.717, 1.165) is 24.3 Å². The van der Waals surface area contributed by atoms with Crippen LogP contribution in [0.4, 0.5) is 25.0 Å². The van der Waals surface area contributed by atoms with Gasteiger partial charge in [0, 0.05) is 12.0 Å². The molecule has 0 fully saturated rings. The summed E-state index contributed by atoms with van der Waals surface area (Å²) in [4.78, 5) is 48.9. The lowest BCUT2D eigenvalue weighted by molar-refractivity contribution is -0.385. The van der Waals surface area contributed by atoms with Crippen molar-refractivity contribution in [3.63, 3.8) is 0 Å².